The third-order valence-corrected chi connectivity index (χ3v) is 9.74. The summed E-state index contributed by atoms with van der Waals surface area (Å²) in [5.74, 6) is -0.472. The lowest BCUT2D eigenvalue weighted by molar-refractivity contribution is 0.0387. The number of rotatable bonds is 8. The van der Waals surface area contributed by atoms with Gasteiger partial charge >= 0.3 is 0 Å². The molecule has 0 aliphatic carbocycles. The van der Waals surface area contributed by atoms with E-state index in [1.807, 2.05) is 6.92 Å². The van der Waals surface area contributed by atoms with Gasteiger partial charge in [0.25, 0.3) is 15.9 Å². The van der Waals surface area contributed by atoms with E-state index in [1.165, 1.54) is 40.5 Å². The Morgan fingerprint density at radius 3 is 2.59 bits per heavy atom. The number of nitrogens with one attached hydrogen (secondary N) is 1. The smallest absolute Gasteiger partial charge is 0.271 e. The van der Waals surface area contributed by atoms with Crippen molar-refractivity contribution in [3.05, 3.63) is 41.3 Å². The molecule has 2 N–H and O–H groups in total. The molecular weight excluding hydrogens is 502 g/mol. The molecule has 34 heavy (non-hydrogen) atoms. The van der Waals surface area contributed by atoms with Crippen LogP contribution >= 0.6 is 11.3 Å². The highest BCUT2D eigenvalue weighted by Gasteiger charge is 2.34. The van der Waals surface area contributed by atoms with Crippen LogP contribution in [0.5, 0.6) is 5.75 Å². The summed E-state index contributed by atoms with van der Waals surface area (Å²) in [6.07, 6.45) is 0.512. The quantitative estimate of drug-likeness (QED) is 0.529. The minimum Gasteiger partial charge on any atom is -0.488 e. The van der Waals surface area contributed by atoms with E-state index >= 15 is 0 Å². The van der Waals surface area contributed by atoms with Gasteiger partial charge in [0.1, 0.15) is 16.1 Å². The number of benzene rings is 1. The van der Waals surface area contributed by atoms with E-state index in [1.54, 1.807) is 18.4 Å². The van der Waals surface area contributed by atoms with E-state index in [0.29, 0.717) is 0 Å². The van der Waals surface area contributed by atoms with Crippen LogP contribution in [0.3, 0.4) is 0 Å². The molecule has 1 aliphatic heterocycles. The molecule has 13 heteroatoms. The van der Waals surface area contributed by atoms with Gasteiger partial charge in [-0.05, 0) is 36.6 Å². The third kappa shape index (κ3) is 5.89. The Morgan fingerprint density at radius 1 is 1.29 bits per heavy atom. The lowest BCUT2D eigenvalue weighted by Gasteiger charge is -2.38. The minimum absolute atomic E-state index is 0.0573. The molecule has 10 nitrogen and oxygen atoms in total. The van der Waals surface area contributed by atoms with Gasteiger partial charge in [-0.2, -0.15) is 0 Å². The second kappa shape index (κ2) is 10.2. The maximum absolute atomic E-state index is 13.4. The van der Waals surface area contributed by atoms with Crippen molar-refractivity contribution < 1.29 is 31.5 Å². The third-order valence-electron chi connectivity index (χ3n) is 5.68. The first-order valence-corrected chi connectivity index (χ1v) is 14.7. The average Bonchev–Trinajstić information content (AvgIpc) is 3.31. The van der Waals surface area contributed by atoms with Gasteiger partial charge in [0, 0.05) is 25.2 Å². The number of ether oxygens (including phenoxy) is 1. The average molecular weight is 532 g/mol. The molecule has 0 radical (unpaired) electrons. The molecule has 1 aromatic heterocycles. The van der Waals surface area contributed by atoms with Gasteiger partial charge in [-0.1, -0.05) is 13.0 Å². The lowest BCUT2D eigenvalue weighted by Crippen LogP contribution is -2.50. The second-order valence-corrected chi connectivity index (χ2v) is 13.4. The van der Waals surface area contributed by atoms with E-state index in [9.17, 15) is 26.7 Å². The number of aliphatic hydroxyl groups is 1. The number of carbonyl (C=O) groups excluding carboxylic acids is 1. The fraction of sp³-hybridized carbons (Fsp3) is 0.476. The zero-order valence-corrected chi connectivity index (χ0v) is 21.8. The molecule has 0 fully saturated rings. The molecule has 2 aromatic rings. The first kappa shape index (κ1) is 26.4. The molecule has 3 atom stereocenters. The molecule has 0 saturated carbocycles. The van der Waals surface area contributed by atoms with Crippen LogP contribution in [0.25, 0.3) is 0 Å². The number of hydrogen-bond donors (Lipinski definition) is 2. The van der Waals surface area contributed by atoms with E-state index in [4.69, 9.17) is 4.74 Å². The second-order valence-electron chi connectivity index (χ2n) is 8.41. The van der Waals surface area contributed by atoms with Gasteiger partial charge in [0.05, 0.1) is 31.0 Å². The molecule has 1 aliphatic rings. The summed E-state index contributed by atoms with van der Waals surface area (Å²) in [4.78, 5) is 14.9. The first-order chi connectivity index (χ1) is 15.8. The Labute approximate surface area is 204 Å². The van der Waals surface area contributed by atoms with Crippen LogP contribution in [0.4, 0.5) is 5.69 Å². The Bertz CT molecular complexity index is 1230. The number of nitrogens with zero attached hydrogens (tertiary/aromatic N) is 2. The Morgan fingerprint density at radius 2 is 2.00 bits per heavy atom. The van der Waals surface area contributed by atoms with Crippen molar-refractivity contribution in [2.24, 2.45) is 5.92 Å². The highest BCUT2D eigenvalue weighted by molar-refractivity contribution is 7.94. The van der Waals surface area contributed by atoms with Crippen LogP contribution in [-0.2, 0) is 20.0 Å². The maximum Gasteiger partial charge on any atom is 0.271 e. The fourth-order valence-corrected chi connectivity index (χ4v) is 5.97. The predicted molar refractivity (Wildman–Crippen MR) is 130 cm³/mol. The molecule has 0 bridgehead atoms. The van der Waals surface area contributed by atoms with Gasteiger partial charge < -0.3 is 14.7 Å². The summed E-state index contributed by atoms with van der Waals surface area (Å²) in [6.45, 7) is 3.55. The van der Waals surface area contributed by atoms with Crippen LogP contribution in [0.1, 0.15) is 24.2 Å². The summed E-state index contributed by atoms with van der Waals surface area (Å²) in [7, 11) is -5.84. The van der Waals surface area contributed by atoms with Gasteiger partial charge in [0.15, 0.2) is 0 Å². The van der Waals surface area contributed by atoms with Crippen LogP contribution in [0, 0.1) is 5.92 Å². The molecular formula is C21H29N3O7S3. The number of fused-ring (bicyclic) bond motifs is 1. The summed E-state index contributed by atoms with van der Waals surface area (Å²) < 4.78 is 59.1. The Kier molecular flexibility index (Phi) is 7.92. The monoisotopic (exact) mass is 531 g/mol. The van der Waals surface area contributed by atoms with Gasteiger partial charge in [-0.25, -0.2) is 21.1 Å². The standard InChI is InChI=1S/C21H29N3O7S3/c1-14-11-24(15(2)13-25)21(26)17-10-16(22-34(29,30)20-6-5-9-32-20)7-8-18(17)31-19(14)12-23(3)33(4,27)28/h5-10,14-15,19,22,25H,11-13H2,1-4H3/t14-,15+,19+/m1/s1. The number of carbonyl (C=O) groups is 1. The van der Waals surface area contributed by atoms with Crippen LogP contribution < -0.4 is 9.46 Å². The largest absolute Gasteiger partial charge is 0.488 e. The van der Waals surface area contributed by atoms with Crippen molar-refractivity contribution in [3.8, 4) is 5.75 Å². The molecule has 0 spiro atoms. The molecule has 0 unspecified atom stereocenters. The lowest BCUT2D eigenvalue weighted by atomic mass is 9.99. The zero-order valence-electron chi connectivity index (χ0n) is 19.3. The van der Waals surface area contributed by atoms with E-state index < -0.39 is 38.1 Å². The van der Waals surface area contributed by atoms with Crippen molar-refractivity contribution in [1.29, 1.82) is 0 Å². The normalized spacial score (nSPS) is 20.3. The van der Waals surface area contributed by atoms with Crippen LogP contribution in [-0.4, -0.2) is 82.2 Å². The summed E-state index contributed by atoms with van der Waals surface area (Å²) in [5.41, 5.74) is 0.296. The number of sulfonamides is 2. The first-order valence-electron chi connectivity index (χ1n) is 10.5. The van der Waals surface area contributed by atoms with Gasteiger partial charge in [0.2, 0.25) is 10.0 Å². The van der Waals surface area contributed by atoms with Crippen molar-refractivity contribution in [3.63, 3.8) is 0 Å². The molecule has 2 heterocycles. The van der Waals surface area contributed by atoms with Crippen molar-refractivity contribution in [2.75, 3.05) is 37.7 Å². The Balaban J connectivity index is 2.01. The molecule has 188 valence electrons. The van der Waals surface area contributed by atoms with Gasteiger partial charge in [-0.3, -0.25) is 9.52 Å². The summed E-state index contributed by atoms with van der Waals surface area (Å²) in [6, 6.07) is 6.96. The zero-order chi connectivity index (χ0) is 25.3. The molecule has 1 aromatic carbocycles. The number of aliphatic hydroxyl groups excluding tert-OH is 1. The summed E-state index contributed by atoms with van der Waals surface area (Å²) >= 11 is 1.07. The SMILES string of the molecule is C[C@@H]1CN([C@@H](C)CO)C(=O)c2cc(NS(=O)(=O)c3cccs3)ccc2O[C@H]1CN(C)S(C)(=O)=O. The highest BCUT2D eigenvalue weighted by Crippen LogP contribution is 2.31. The van der Waals surface area contributed by atoms with E-state index in [0.717, 1.165) is 17.6 Å². The van der Waals surface area contributed by atoms with E-state index in [-0.39, 0.29) is 46.8 Å². The summed E-state index contributed by atoms with van der Waals surface area (Å²) in [5, 5.41) is 11.4. The number of thiophene rings is 1. The maximum atomic E-state index is 13.4. The number of amides is 1. The van der Waals surface area contributed by atoms with Crippen LogP contribution in [0.2, 0.25) is 0 Å². The molecule has 0 saturated heterocycles. The number of likely N-dealkylation sites (N-methyl/N-ethyl adjacent to an activating group) is 1. The van der Waals surface area contributed by atoms with Gasteiger partial charge in [-0.15, -0.1) is 11.3 Å². The molecule has 3 rings (SSSR count). The van der Waals surface area contributed by atoms with Crippen LogP contribution in [0.15, 0.2) is 39.9 Å². The van der Waals surface area contributed by atoms with Crippen molar-refractivity contribution in [1.82, 2.24) is 9.21 Å². The van der Waals surface area contributed by atoms with Crippen molar-refractivity contribution in [2.45, 2.75) is 30.2 Å². The highest BCUT2D eigenvalue weighted by atomic mass is 32.2. The minimum atomic E-state index is -3.83. The topological polar surface area (TPSA) is 133 Å². The number of hydrogen-bond acceptors (Lipinski definition) is 8. The number of anilines is 1. The fourth-order valence-electron chi connectivity index (χ4n) is 3.51. The predicted octanol–water partition coefficient (Wildman–Crippen LogP) is 1.66. The molecule has 1 amide bonds. The Hall–Kier alpha value is -2.19. The van der Waals surface area contributed by atoms with E-state index in [2.05, 4.69) is 4.72 Å². The van der Waals surface area contributed by atoms with Crippen molar-refractivity contribution >= 4 is 43.0 Å².